The average Bonchev–Trinajstić information content (AvgIpc) is 3.46. The Labute approximate surface area is 221 Å². The van der Waals surface area contributed by atoms with Crippen molar-refractivity contribution < 1.29 is 28.8 Å². The summed E-state index contributed by atoms with van der Waals surface area (Å²) in [6.07, 6.45) is 2.05. The number of thioether (sulfide) groups is 2. The summed E-state index contributed by atoms with van der Waals surface area (Å²) in [6.45, 7) is 1.97. The Morgan fingerprint density at radius 3 is 2.78 bits per heavy atom. The van der Waals surface area contributed by atoms with E-state index < -0.39 is 20.7 Å². The number of hydrogen-bond donors (Lipinski definition) is 0. The first kappa shape index (κ1) is 24.8. The molecule has 5 rings (SSSR count). The maximum atomic E-state index is 13.2. The lowest BCUT2D eigenvalue weighted by Gasteiger charge is -2.49. The number of alkyl halides is 1. The fourth-order valence-corrected chi connectivity index (χ4v) is 7.48. The summed E-state index contributed by atoms with van der Waals surface area (Å²) < 4.78 is 11.8. The number of nitrogens with zero attached hydrogens (tertiary/aromatic N) is 4. The van der Waals surface area contributed by atoms with Crippen molar-refractivity contribution in [3.05, 3.63) is 68.8 Å². The standard InChI is InChI=1S/C22H19BrN4O7S2/c1-12(28)34-19-17-24-9-15(25(17)6-7-35-19)8-22(23)20(30)26-16(11-36-21(22)26)18(29)33-10-13-2-4-14(5-3-13)27(31)32/h2-5,9,11,19,21H,6-8,10H2,1H3/t19?,21-,22?/m1/s1. The molecule has 1 amide bonds. The molecule has 36 heavy (non-hydrogen) atoms. The van der Waals surface area contributed by atoms with Crippen LogP contribution >= 0.6 is 39.5 Å². The predicted octanol–water partition coefficient (Wildman–Crippen LogP) is 3.28. The topological polar surface area (TPSA) is 134 Å². The van der Waals surface area contributed by atoms with E-state index in [2.05, 4.69) is 20.9 Å². The van der Waals surface area contributed by atoms with Crippen LogP contribution in [0.2, 0.25) is 0 Å². The van der Waals surface area contributed by atoms with Crippen LogP contribution in [-0.4, -0.2) is 52.7 Å². The van der Waals surface area contributed by atoms with E-state index in [0.717, 1.165) is 11.4 Å². The highest BCUT2D eigenvalue weighted by Crippen LogP contribution is 2.53. The number of imidazole rings is 1. The molecule has 0 saturated carbocycles. The van der Waals surface area contributed by atoms with Gasteiger partial charge in [-0.05, 0) is 17.7 Å². The molecule has 11 nitrogen and oxygen atoms in total. The Kier molecular flexibility index (Phi) is 6.59. The average molecular weight is 595 g/mol. The minimum atomic E-state index is -0.924. The van der Waals surface area contributed by atoms with E-state index >= 15 is 0 Å². The van der Waals surface area contributed by atoms with Crippen LogP contribution in [0.25, 0.3) is 0 Å². The van der Waals surface area contributed by atoms with E-state index in [1.54, 1.807) is 11.6 Å². The monoisotopic (exact) mass is 594 g/mol. The van der Waals surface area contributed by atoms with Crippen molar-refractivity contribution >= 4 is 63.0 Å². The quantitative estimate of drug-likeness (QED) is 0.154. The van der Waals surface area contributed by atoms with E-state index in [1.165, 1.54) is 59.6 Å². The second-order valence-electron chi connectivity index (χ2n) is 8.28. The van der Waals surface area contributed by atoms with Gasteiger partial charge in [0.15, 0.2) is 5.82 Å². The third-order valence-electron chi connectivity index (χ3n) is 5.97. The molecular formula is C22H19BrN4O7S2. The van der Waals surface area contributed by atoms with E-state index in [0.29, 0.717) is 24.4 Å². The van der Waals surface area contributed by atoms with Gasteiger partial charge in [0.2, 0.25) is 11.3 Å². The first-order valence-corrected chi connectivity index (χ1v) is 13.6. The number of nitro groups is 1. The van der Waals surface area contributed by atoms with E-state index in [4.69, 9.17) is 9.47 Å². The number of aromatic nitrogens is 2. The van der Waals surface area contributed by atoms with Crippen molar-refractivity contribution in [1.82, 2.24) is 14.5 Å². The molecule has 1 aromatic carbocycles. The highest BCUT2D eigenvalue weighted by atomic mass is 79.9. The van der Waals surface area contributed by atoms with Gasteiger partial charge in [0.05, 0.1) is 4.92 Å². The fraction of sp³-hybridized carbons (Fsp3) is 0.364. The molecule has 0 N–H and O–H groups in total. The Bertz CT molecular complexity index is 1300. The largest absolute Gasteiger partial charge is 0.456 e. The van der Waals surface area contributed by atoms with Gasteiger partial charge in [0.25, 0.3) is 5.69 Å². The van der Waals surface area contributed by atoms with Crippen LogP contribution in [0.4, 0.5) is 5.69 Å². The van der Waals surface area contributed by atoms with Crippen molar-refractivity contribution in [2.75, 3.05) is 5.75 Å². The van der Waals surface area contributed by atoms with E-state index in [9.17, 15) is 24.5 Å². The van der Waals surface area contributed by atoms with Gasteiger partial charge in [-0.1, -0.05) is 15.9 Å². The van der Waals surface area contributed by atoms with Gasteiger partial charge in [-0.2, -0.15) is 0 Å². The number of rotatable bonds is 7. The molecule has 3 aliphatic rings. The second-order valence-corrected chi connectivity index (χ2v) is 11.8. The molecule has 1 fully saturated rings. The molecule has 3 aliphatic heterocycles. The van der Waals surface area contributed by atoms with Crippen LogP contribution in [-0.2, 0) is 43.4 Å². The molecule has 1 saturated heterocycles. The predicted molar refractivity (Wildman–Crippen MR) is 134 cm³/mol. The SMILES string of the molecule is CC(=O)OC1SCCn2c(CC3(Br)C(=O)N4C(C(=O)OCc5ccc([N+](=O)[O-])cc5)=CS[C@@H]43)cnc21. The third-order valence-corrected chi connectivity index (χ3v) is 9.58. The van der Waals surface area contributed by atoms with Crippen LogP contribution in [0.15, 0.2) is 41.6 Å². The lowest BCUT2D eigenvalue weighted by atomic mass is 9.92. The van der Waals surface area contributed by atoms with Gasteiger partial charge in [0, 0.05) is 55.1 Å². The highest BCUT2D eigenvalue weighted by molar-refractivity contribution is 9.10. The Hall–Kier alpha value is -2.84. The Morgan fingerprint density at radius 1 is 1.33 bits per heavy atom. The van der Waals surface area contributed by atoms with Crippen molar-refractivity contribution in [3.8, 4) is 0 Å². The summed E-state index contributed by atoms with van der Waals surface area (Å²) >= 11 is 6.49. The number of amides is 1. The normalized spacial score (nSPS) is 24.3. The van der Waals surface area contributed by atoms with Crippen LogP contribution in [0.5, 0.6) is 0 Å². The zero-order chi connectivity index (χ0) is 25.6. The molecule has 2 aromatic rings. The number of hydrogen-bond acceptors (Lipinski definition) is 10. The number of nitro benzene ring substituents is 1. The summed E-state index contributed by atoms with van der Waals surface area (Å²) in [4.78, 5) is 53.5. The molecule has 188 valence electrons. The minimum Gasteiger partial charge on any atom is -0.456 e. The molecule has 0 radical (unpaired) electrons. The number of esters is 2. The molecule has 0 aliphatic carbocycles. The molecule has 14 heteroatoms. The number of halogens is 1. The van der Waals surface area contributed by atoms with Crippen molar-refractivity contribution in [1.29, 1.82) is 0 Å². The second kappa shape index (κ2) is 9.56. The first-order chi connectivity index (χ1) is 17.2. The van der Waals surface area contributed by atoms with Crippen LogP contribution in [0.1, 0.15) is 29.4 Å². The number of carbonyl (C=O) groups excluding carboxylic acids is 3. The highest BCUT2D eigenvalue weighted by Gasteiger charge is 2.64. The summed E-state index contributed by atoms with van der Waals surface area (Å²) in [5.74, 6) is 0.105. The Morgan fingerprint density at radius 2 is 2.08 bits per heavy atom. The molecule has 0 spiro atoms. The first-order valence-electron chi connectivity index (χ1n) is 10.8. The van der Waals surface area contributed by atoms with Crippen LogP contribution in [0.3, 0.4) is 0 Å². The maximum Gasteiger partial charge on any atom is 0.355 e. The van der Waals surface area contributed by atoms with Gasteiger partial charge < -0.3 is 14.0 Å². The lowest BCUT2D eigenvalue weighted by molar-refractivity contribution is -0.384. The number of benzene rings is 1. The minimum absolute atomic E-state index is 0.0530. The lowest BCUT2D eigenvalue weighted by Crippen LogP contribution is -2.68. The van der Waals surface area contributed by atoms with Gasteiger partial charge in [-0.25, -0.2) is 9.78 Å². The van der Waals surface area contributed by atoms with Gasteiger partial charge in [-0.3, -0.25) is 24.6 Å². The number of fused-ring (bicyclic) bond motifs is 2. The third kappa shape index (κ3) is 4.30. The number of carbonyl (C=O) groups is 3. The fourth-order valence-electron chi connectivity index (χ4n) is 4.23. The zero-order valence-corrected chi connectivity index (χ0v) is 22.0. The molecule has 3 atom stereocenters. The van der Waals surface area contributed by atoms with Crippen LogP contribution < -0.4 is 0 Å². The summed E-state index contributed by atoms with van der Waals surface area (Å²) in [7, 11) is 0. The number of β-lactam (4-membered cyclic amide) rings is 1. The van der Waals surface area contributed by atoms with Crippen molar-refractivity contribution in [3.63, 3.8) is 0 Å². The van der Waals surface area contributed by atoms with Gasteiger partial charge in [-0.15, -0.1) is 23.5 Å². The Balaban J connectivity index is 1.23. The summed E-state index contributed by atoms with van der Waals surface area (Å²) in [5, 5.41) is 12.1. The summed E-state index contributed by atoms with van der Waals surface area (Å²) in [5.41, 5.74) is 1.06. The smallest absolute Gasteiger partial charge is 0.355 e. The van der Waals surface area contributed by atoms with E-state index in [-0.39, 0.29) is 35.2 Å². The van der Waals surface area contributed by atoms with Crippen molar-refractivity contribution in [2.45, 2.75) is 41.6 Å². The number of ether oxygens (including phenoxy) is 2. The number of non-ortho nitro benzene ring substituents is 1. The maximum absolute atomic E-state index is 13.2. The molecular weight excluding hydrogens is 576 g/mol. The molecule has 4 heterocycles. The van der Waals surface area contributed by atoms with E-state index in [1.807, 2.05) is 4.57 Å². The molecule has 1 aromatic heterocycles. The zero-order valence-electron chi connectivity index (χ0n) is 18.8. The molecule has 0 bridgehead atoms. The molecule has 2 unspecified atom stereocenters. The van der Waals surface area contributed by atoms with Gasteiger partial charge >= 0.3 is 11.9 Å². The van der Waals surface area contributed by atoms with Gasteiger partial charge in [0.1, 0.15) is 22.0 Å². The van der Waals surface area contributed by atoms with Crippen molar-refractivity contribution in [2.24, 2.45) is 0 Å². The van der Waals surface area contributed by atoms with Crippen LogP contribution in [0, 0.1) is 10.1 Å². The summed E-state index contributed by atoms with van der Waals surface area (Å²) in [6, 6.07) is 5.71.